The van der Waals surface area contributed by atoms with Crippen LogP contribution in [0, 0.1) is 3.82 Å². The standard InChI is InChI=1S/C26H30N2S3/c1-24(2)15-26(5,18-10-8-9-11-20(18)27(24)6)16-12-13-19-17(14-16)21-22(30-31-23(21)29)25(3,4)28(19)7/h8-14H,15H2,1-7H3/t26-/m0/s1. The van der Waals surface area contributed by atoms with Gasteiger partial charge in [0.1, 0.15) is 3.82 Å². The summed E-state index contributed by atoms with van der Waals surface area (Å²) in [5.41, 5.74) is 7.94. The fraction of sp³-hybridized carbons (Fsp3) is 0.423. The summed E-state index contributed by atoms with van der Waals surface area (Å²) in [6.07, 6.45) is 1.06. The summed E-state index contributed by atoms with van der Waals surface area (Å²) in [6.45, 7) is 11.7. The first-order valence-corrected chi connectivity index (χ1v) is 13.4. The van der Waals surface area contributed by atoms with Crippen LogP contribution in [0.15, 0.2) is 42.5 Å². The number of benzene rings is 2. The van der Waals surface area contributed by atoms with Gasteiger partial charge >= 0.3 is 0 Å². The molecule has 0 spiro atoms. The smallest absolute Gasteiger partial charge is 0.110 e. The van der Waals surface area contributed by atoms with Crippen LogP contribution in [-0.2, 0) is 11.0 Å². The normalized spacial score (nSPS) is 23.2. The van der Waals surface area contributed by atoms with Gasteiger partial charge in [0.2, 0.25) is 0 Å². The van der Waals surface area contributed by atoms with Crippen molar-refractivity contribution in [2.24, 2.45) is 0 Å². The Morgan fingerprint density at radius 3 is 2.32 bits per heavy atom. The minimum atomic E-state index is -0.0611. The van der Waals surface area contributed by atoms with E-state index in [1.54, 1.807) is 10.3 Å². The zero-order valence-corrected chi connectivity index (χ0v) is 21.8. The highest BCUT2D eigenvalue weighted by Gasteiger charge is 2.45. The fourth-order valence-electron chi connectivity index (χ4n) is 5.62. The Hall–Kier alpha value is -1.69. The molecule has 5 heteroatoms. The maximum atomic E-state index is 5.84. The van der Waals surface area contributed by atoms with Gasteiger partial charge in [-0.25, -0.2) is 0 Å². The number of fused-ring (bicyclic) bond motifs is 4. The van der Waals surface area contributed by atoms with Crippen molar-refractivity contribution in [3.63, 3.8) is 0 Å². The first-order valence-electron chi connectivity index (χ1n) is 10.8. The molecule has 0 fully saturated rings. The van der Waals surface area contributed by atoms with Crippen LogP contribution in [0.5, 0.6) is 0 Å². The number of anilines is 2. The molecule has 3 aromatic rings. The van der Waals surface area contributed by atoms with Crippen LogP contribution >= 0.6 is 32.9 Å². The summed E-state index contributed by atoms with van der Waals surface area (Å²) in [5.74, 6) is 0. The molecule has 2 nitrogen and oxygen atoms in total. The Bertz CT molecular complexity index is 1250. The largest absolute Gasteiger partial charge is 0.369 e. The van der Waals surface area contributed by atoms with Crippen LogP contribution in [0.25, 0.3) is 11.1 Å². The Kier molecular flexibility index (Phi) is 4.55. The van der Waals surface area contributed by atoms with E-state index in [0.717, 1.165) is 10.2 Å². The van der Waals surface area contributed by atoms with E-state index in [1.165, 1.54) is 38.5 Å². The lowest BCUT2D eigenvalue weighted by molar-refractivity contribution is 0.335. The molecule has 0 radical (unpaired) electrons. The molecule has 0 saturated carbocycles. The Balaban J connectivity index is 1.76. The molecule has 0 N–H and O–H groups in total. The predicted molar refractivity (Wildman–Crippen MR) is 140 cm³/mol. The van der Waals surface area contributed by atoms with E-state index in [2.05, 4.69) is 101 Å². The van der Waals surface area contributed by atoms with Crippen molar-refractivity contribution in [2.45, 2.75) is 57.5 Å². The SMILES string of the molecule is CN1c2ccccc2[C@](C)(c2ccc3c(c2)-c2c(ssc2=S)C(C)(C)N3C)CC1(C)C. The monoisotopic (exact) mass is 466 g/mol. The summed E-state index contributed by atoms with van der Waals surface area (Å²) in [6, 6.07) is 16.0. The van der Waals surface area contributed by atoms with Gasteiger partial charge in [-0.05, 0) is 63.4 Å². The van der Waals surface area contributed by atoms with Gasteiger partial charge < -0.3 is 9.80 Å². The van der Waals surface area contributed by atoms with Gasteiger partial charge in [0.15, 0.2) is 0 Å². The first kappa shape index (κ1) is 21.2. The highest BCUT2D eigenvalue weighted by atomic mass is 32.9. The van der Waals surface area contributed by atoms with Crippen LogP contribution in [0.2, 0.25) is 0 Å². The maximum absolute atomic E-state index is 5.84. The van der Waals surface area contributed by atoms with Gasteiger partial charge in [-0.1, -0.05) is 64.1 Å². The molecule has 0 saturated heterocycles. The number of para-hydroxylation sites is 1. The summed E-state index contributed by atoms with van der Waals surface area (Å²) in [4.78, 5) is 6.25. The second-order valence-electron chi connectivity index (χ2n) is 10.4. The van der Waals surface area contributed by atoms with Crippen LogP contribution < -0.4 is 9.80 Å². The average Bonchev–Trinajstić information content (AvgIpc) is 3.13. The second kappa shape index (κ2) is 6.66. The molecular formula is C26H30N2S3. The first-order chi connectivity index (χ1) is 14.5. The van der Waals surface area contributed by atoms with Crippen LogP contribution in [0.1, 0.15) is 57.0 Å². The quantitative estimate of drug-likeness (QED) is 0.267. The highest BCUT2D eigenvalue weighted by Crippen LogP contribution is 2.54. The van der Waals surface area contributed by atoms with E-state index in [9.17, 15) is 0 Å². The molecule has 0 aliphatic carbocycles. The van der Waals surface area contributed by atoms with Gasteiger partial charge in [0.05, 0.1) is 10.4 Å². The molecule has 0 bridgehead atoms. The lowest BCUT2D eigenvalue weighted by atomic mass is 9.65. The Labute approximate surface area is 198 Å². The van der Waals surface area contributed by atoms with Crippen molar-refractivity contribution in [3.8, 4) is 11.1 Å². The summed E-state index contributed by atoms with van der Waals surface area (Å²) in [7, 11) is 8.02. The zero-order valence-electron chi connectivity index (χ0n) is 19.4. The lowest BCUT2D eigenvalue weighted by Gasteiger charge is -2.51. The van der Waals surface area contributed by atoms with Gasteiger partial charge in [-0.3, -0.25) is 0 Å². The van der Waals surface area contributed by atoms with Gasteiger partial charge in [0.25, 0.3) is 0 Å². The number of hydrogen-bond acceptors (Lipinski definition) is 5. The van der Waals surface area contributed by atoms with Crippen molar-refractivity contribution >= 4 is 44.3 Å². The van der Waals surface area contributed by atoms with Crippen LogP contribution in [0.3, 0.4) is 0 Å². The summed E-state index contributed by atoms with van der Waals surface area (Å²) in [5, 5.41) is 0. The van der Waals surface area contributed by atoms with Crippen LogP contribution in [0.4, 0.5) is 11.4 Å². The average molecular weight is 467 g/mol. The molecular weight excluding hydrogens is 437 g/mol. The van der Waals surface area contributed by atoms with E-state index in [1.807, 2.05) is 10.3 Å². The maximum Gasteiger partial charge on any atom is 0.110 e. The predicted octanol–water partition coefficient (Wildman–Crippen LogP) is 7.82. The molecule has 3 heterocycles. The molecule has 5 rings (SSSR count). The molecule has 31 heavy (non-hydrogen) atoms. The highest BCUT2D eigenvalue weighted by molar-refractivity contribution is 7.80. The Morgan fingerprint density at radius 1 is 0.871 bits per heavy atom. The molecule has 1 atom stereocenters. The fourth-order valence-corrected chi connectivity index (χ4v) is 8.94. The third-order valence-electron chi connectivity index (χ3n) is 7.84. The van der Waals surface area contributed by atoms with E-state index in [-0.39, 0.29) is 16.5 Å². The topological polar surface area (TPSA) is 6.48 Å². The minimum Gasteiger partial charge on any atom is -0.369 e. The molecule has 2 aliphatic rings. The van der Waals surface area contributed by atoms with Crippen molar-refractivity contribution in [2.75, 3.05) is 23.9 Å². The summed E-state index contributed by atoms with van der Waals surface area (Å²) < 4.78 is 1.02. The Morgan fingerprint density at radius 2 is 1.58 bits per heavy atom. The van der Waals surface area contributed by atoms with E-state index >= 15 is 0 Å². The van der Waals surface area contributed by atoms with E-state index in [0.29, 0.717) is 0 Å². The zero-order chi connectivity index (χ0) is 22.3. The lowest BCUT2D eigenvalue weighted by Crippen LogP contribution is -2.51. The van der Waals surface area contributed by atoms with Gasteiger partial charge in [-0.2, -0.15) is 0 Å². The molecule has 162 valence electrons. The van der Waals surface area contributed by atoms with Gasteiger partial charge in [-0.15, -0.1) is 0 Å². The molecule has 2 aliphatic heterocycles. The number of rotatable bonds is 1. The molecule has 2 aromatic carbocycles. The van der Waals surface area contributed by atoms with Crippen molar-refractivity contribution in [1.82, 2.24) is 0 Å². The van der Waals surface area contributed by atoms with Crippen molar-refractivity contribution in [3.05, 3.63) is 62.3 Å². The van der Waals surface area contributed by atoms with Gasteiger partial charge in [0, 0.05) is 47.6 Å². The number of nitrogens with zero attached hydrogens (tertiary/aromatic N) is 2. The van der Waals surface area contributed by atoms with E-state index < -0.39 is 0 Å². The third kappa shape index (κ3) is 2.82. The summed E-state index contributed by atoms with van der Waals surface area (Å²) >= 11 is 5.84. The van der Waals surface area contributed by atoms with Crippen LogP contribution in [-0.4, -0.2) is 19.6 Å². The second-order valence-corrected chi connectivity index (χ2v) is 13.2. The molecule has 0 unspecified atom stereocenters. The van der Waals surface area contributed by atoms with E-state index in [4.69, 9.17) is 12.2 Å². The molecule has 0 amide bonds. The van der Waals surface area contributed by atoms with Crippen molar-refractivity contribution < 1.29 is 0 Å². The third-order valence-corrected chi connectivity index (χ3v) is 11.2. The van der Waals surface area contributed by atoms with Crippen molar-refractivity contribution in [1.29, 1.82) is 0 Å². The number of hydrogen-bond donors (Lipinski definition) is 0. The minimum absolute atomic E-state index is 0.0475. The molecule has 1 aromatic heterocycles.